The maximum Gasteiger partial charge on any atom is 0.132 e. The Morgan fingerprint density at radius 1 is 1.19 bits per heavy atom. The molecule has 1 fully saturated rings. The Hall–Kier alpha value is -1.97. The van der Waals surface area contributed by atoms with Crippen molar-refractivity contribution >= 4 is 5.82 Å². The molecule has 0 N–H and O–H groups in total. The summed E-state index contributed by atoms with van der Waals surface area (Å²) in [5, 5.41) is 0. The first-order valence-corrected chi connectivity index (χ1v) is 7.49. The highest BCUT2D eigenvalue weighted by Gasteiger charge is 2.20. The molecule has 1 saturated heterocycles. The zero-order valence-electron chi connectivity index (χ0n) is 12.3. The maximum absolute atomic E-state index is 13.2. The van der Waals surface area contributed by atoms with Crippen LogP contribution in [-0.4, -0.2) is 23.1 Å². The molecule has 2 aromatic rings. The van der Waals surface area contributed by atoms with Crippen LogP contribution in [0.15, 0.2) is 36.7 Å². The predicted molar refractivity (Wildman–Crippen MR) is 81.8 cm³/mol. The van der Waals surface area contributed by atoms with Gasteiger partial charge in [0.2, 0.25) is 0 Å². The Morgan fingerprint density at radius 2 is 2.00 bits per heavy atom. The van der Waals surface area contributed by atoms with E-state index in [1.54, 1.807) is 18.5 Å². The molecule has 0 saturated carbocycles. The number of halogens is 1. The molecule has 110 valence electrons. The lowest BCUT2D eigenvalue weighted by molar-refractivity contribution is 0.401. The number of piperidine rings is 1. The number of rotatable bonds is 3. The van der Waals surface area contributed by atoms with Crippen LogP contribution in [0.4, 0.5) is 10.2 Å². The van der Waals surface area contributed by atoms with E-state index in [0.29, 0.717) is 5.92 Å². The zero-order chi connectivity index (χ0) is 14.7. The van der Waals surface area contributed by atoms with Crippen LogP contribution < -0.4 is 4.90 Å². The second-order valence-electron chi connectivity index (χ2n) is 5.78. The fraction of sp³-hybridized carbons (Fsp3) is 0.412. The Labute approximate surface area is 124 Å². The largest absolute Gasteiger partial charge is 0.356 e. The lowest BCUT2D eigenvalue weighted by Gasteiger charge is -2.32. The molecular formula is C17H20FN3. The van der Waals surface area contributed by atoms with Crippen LogP contribution >= 0.6 is 0 Å². The highest BCUT2D eigenvalue weighted by atomic mass is 19.1. The number of benzene rings is 1. The number of hydrogen-bond acceptors (Lipinski definition) is 3. The second-order valence-corrected chi connectivity index (χ2v) is 5.78. The summed E-state index contributed by atoms with van der Waals surface area (Å²) in [6, 6.07) is 9.00. The summed E-state index contributed by atoms with van der Waals surface area (Å²) in [6.45, 7) is 4.01. The van der Waals surface area contributed by atoms with E-state index in [2.05, 4.69) is 14.9 Å². The average molecular weight is 285 g/mol. The molecule has 1 aliphatic heterocycles. The van der Waals surface area contributed by atoms with Crippen molar-refractivity contribution in [2.75, 3.05) is 18.0 Å². The average Bonchev–Trinajstić information content (AvgIpc) is 2.48. The van der Waals surface area contributed by atoms with Crippen LogP contribution in [0.5, 0.6) is 0 Å². The standard InChI is InChI=1S/C17H20FN3/c1-13-9-17(20-12-19-13)21-7-5-14(6-8-21)10-15-3-2-4-16(18)11-15/h2-4,9,11-12,14H,5-8,10H2,1H3. The van der Waals surface area contributed by atoms with E-state index in [-0.39, 0.29) is 5.82 Å². The SMILES string of the molecule is Cc1cc(N2CCC(Cc3cccc(F)c3)CC2)ncn1. The molecule has 4 heteroatoms. The van der Waals surface area contributed by atoms with E-state index < -0.39 is 0 Å². The van der Waals surface area contributed by atoms with Crippen molar-refractivity contribution < 1.29 is 4.39 Å². The van der Waals surface area contributed by atoms with Gasteiger partial charge in [-0.05, 0) is 49.8 Å². The fourth-order valence-electron chi connectivity index (χ4n) is 2.98. The molecule has 21 heavy (non-hydrogen) atoms. The summed E-state index contributed by atoms with van der Waals surface area (Å²) in [4.78, 5) is 10.8. The third-order valence-corrected chi connectivity index (χ3v) is 4.14. The van der Waals surface area contributed by atoms with E-state index in [4.69, 9.17) is 0 Å². The molecule has 1 aliphatic rings. The summed E-state index contributed by atoms with van der Waals surface area (Å²) < 4.78 is 13.2. The van der Waals surface area contributed by atoms with Gasteiger partial charge >= 0.3 is 0 Å². The number of aryl methyl sites for hydroxylation is 1. The van der Waals surface area contributed by atoms with Gasteiger partial charge in [-0.25, -0.2) is 14.4 Å². The van der Waals surface area contributed by atoms with Gasteiger partial charge in [-0.2, -0.15) is 0 Å². The van der Waals surface area contributed by atoms with Gasteiger partial charge in [0.1, 0.15) is 18.0 Å². The van der Waals surface area contributed by atoms with Crippen LogP contribution in [0.25, 0.3) is 0 Å². The van der Waals surface area contributed by atoms with Crippen molar-refractivity contribution in [3.05, 3.63) is 53.7 Å². The fourth-order valence-corrected chi connectivity index (χ4v) is 2.98. The quantitative estimate of drug-likeness (QED) is 0.865. The second kappa shape index (κ2) is 6.20. The summed E-state index contributed by atoms with van der Waals surface area (Å²) >= 11 is 0. The van der Waals surface area contributed by atoms with Gasteiger partial charge < -0.3 is 4.90 Å². The molecule has 1 aromatic carbocycles. The number of nitrogens with zero attached hydrogens (tertiary/aromatic N) is 3. The molecule has 0 unspecified atom stereocenters. The summed E-state index contributed by atoms with van der Waals surface area (Å²) in [7, 11) is 0. The first kappa shape index (κ1) is 14.0. The third-order valence-electron chi connectivity index (χ3n) is 4.14. The maximum atomic E-state index is 13.2. The minimum Gasteiger partial charge on any atom is -0.356 e. The van der Waals surface area contributed by atoms with E-state index >= 15 is 0 Å². The minimum absolute atomic E-state index is 0.138. The van der Waals surface area contributed by atoms with Crippen molar-refractivity contribution in [2.24, 2.45) is 5.92 Å². The van der Waals surface area contributed by atoms with Crippen molar-refractivity contribution in [3.8, 4) is 0 Å². The first-order valence-electron chi connectivity index (χ1n) is 7.49. The molecule has 0 spiro atoms. The van der Waals surface area contributed by atoms with Gasteiger partial charge in [0.25, 0.3) is 0 Å². The Balaban J connectivity index is 1.58. The number of aromatic nitrogens is 2. The van der Waals surface area contributed by atoms with Crippen LogP contribution in [0, 0.1) is 18.7 Å². The first-order chi connectivity index (χ1) is 10.2. The smallest absolute Gasteiger partial charge is 0.132 e. The topological polar surface area (TPSA) is 29.0 Å². The molecule has 0 aliphatic carbocycles. The van der Waals surface area contributed by atoms with E-state index in [0.717, 1.165) is 49.4 Å². The Bertz CT molecular complexity index is 606. The summed E-state index contributed by atoms with van der Waals surface area (Å²) in [6.07, 6.45) is 4.84. The highest BCUT2D eigenvalue weighted by Crippen LogP contribution is 2.24. The molecule has 3 nitrogen and oxygen atoms in total. The minimum atomic E-state index is -0.138. The van der Waals surface area contributed by atoms with Crippen LogP contribution in [0.2, 0.25) is 0 Å². The molecular weight excluding hydrogens is 265 g/mol. The van der Waals surface area contributed by atoms with Crippen LogP contribution in [-0.2, 0) is 6.42 Å². The normalized spacial score (nSPS) is 16.2. The molecule has 0 radical (unpaired) electrons. The zero-order valence-corrected chi connectivity index (χ0v) is 12.3. The van der Waals surface area contributed by atoms with Gasteiger partial charge in [-0.3, -0.25) is 0 Å². The van der Waals surface area contributed by atoms with Crippen molar-refractivity contribution in [1.29, 1.82) is 0 Å². The van der Waals surface area contributed by atoms with Crippen molar-refractivity contribution in [2.45, 2.75) is 26.2 Å². The molecule has 3 rings (SSSR count). The Kier molecular flexibility index (Phi) is 4.13. The van der Waals surface area contributed by atoms with Gasteiger partial charge in [-0.1, -0.05) is 12.1 Å². The monoisotopic (exact) mass is 285 g/mol. The molecule has 1 aromatic heterocycles. The van der Waals surface area contributed by atoms with Gasteiger partial charge in [0, 0.05) is 24.8 Å². The highest BCUT2D eigenvalue weighted by molar-refractivity contribution is 5.39. The van der Waals surface area contributed by atoms with Gasteiger partial charge in [-0.15, -0.1) is 0 Å². The van der Waals surface area contributed by atoms with Gasteiger partial charge in [0.15, 0.2) is 0 Å². The molecule has 0 bridgehead atoms. The third kappa shape index (κ3) is 3.57. The van der Waals surface area contributed by atoms with E-state index in [1.807, 2.05) is 19.1 Å². The van der Waals surface area contributed by atoms with Crippen LogP contribution in [0.1, 0.15) is 24.1 Å². The Morgan fingerprint density at radius 3 is 2.71 bits per heavy atom. The summed E-state index contributed by atoms with van der Waals surface area (Å²) in [5.74, 6) is 1.51. The molecule has 0 amide bonds. The van der Waals surface area contributed by atoms with Crippen LogP contribution in [0.3, 0.4) is 0 Å². The lowest BCUT2D eigenvalue weighted by Crippen LogP contribution is -2.34. The summed E-state index contributed by atoms with van der Waals surface area (Å²) in [5.41, 5.74) is 2.10. The molecule has 0 atom stereocenters. The lowest BCUT2D eigenvalue weighted by atomic mass is 9.90. The van der Waals surface area contributed by atoms with Crippen molar-refractivity contribution in [3.63, 3.8) is 0 Å². The predicted octanol–water partition coefficient (Wildman–Crippen LogP) is 3.38. The van der Waals surface area contributed by atoms with E-state index in [1.165, 1.54) is 6.07 Å². The van der Waals surface area contributed by atoms with Crippen molar-refractivity contribution in [1.82, 2.24) is 9.97 Å². The van der Waals surface area contributed by atoms with E-state index in [9.17, 15) is 4.39 Å². The number of anilines is 1. The number of hydrogen-bond donors (Lipinski definition) is 0. The molecule has 2 heterocycles. The van der Waals surface area contributed by atoms with Gasteiger partial charge in [0.05, 0.1) is 0 Å².